The number of rotatable bonds is 2. The largest absolute Gasteiger partial charge is 0.381 e. The molecule has 15 heavy (non-hydrogen) atoms. The van der Waals surface area contributed by atoms with E-state index in [1.165, 1.54) is 0 Å². The Morgan fingerprint density at radius 2 is 2.13 bits per heavy atom. The molecule has 0 atom stereocenters. The first-order valence-corrected chi connectivity index (χ1v) is 5.32. The zero-order valence-corrected chi connectivity index (χ0v) is 8.90. The van der Waals surface area contributed by atoms with Gasteiger partial charge in [-0.3, -0.25) is 9.78 Å². The van der Waals surface area contributed by atoms with Gasteiger partial charge in [-0.05, 0) is 31.9 Å². The number of aryl methyl sites for hydroxylation is 1. The number of aromatic nitrogens is 1. The second-order valence-electron chi connectivity index (χ2n) is 3.94. The Balaban J connectivity index is 2.09. The quantitative estimate of drug-likeness (QED) is 0.693. The summed E-state index contributed by atoms with van der Waals surface area (Å²) in [7, 11) is 0. The third-order valence-corrected chi connectivity index (χ3v) is 2.79. The van der Waals surface area contributed by atoms with E-state index in [1.54, 1.807) is 6.20 Å². The highest BCUT2D eigenvalue weighted by Gasteiger charge is 2.22. The van der Waals surface area contributed by atoms with Crippen molar-refractivity contribution in [2.45, 2.75) is 19.8 Å². The molecule has 2 rings (SSSR count). The lowest BCUT2D eigenvalue weighted by Crippen LogP contribution is -2.23. The number of hydrogen-bond acceptors (Lipinski definition) is 3. The summed E-state index contributed by atoms with van der Waals surface area (Å²) in [4.78, 5) is 16.2. The number of pyridine rings is 1. The zero-order chi connectivity index (χ0) is 10.7. The number of ketones is 1. The van der Waals surface area contributed by atoms with Crippen LogP contribution in [-0.4, -0.2) is 24.0 Å². The van der Waals surface area contributed by atoms with Gasteiger partial charge < -0.3 is 4.74 Å². The number of carbonyl (C=O) groups excluding carboxylic acids is 1. The number of hydrogen-bond donors (Lipinski definition) is 0. The van der Waals surface area contributed by atoms with Gasteiger partial charge in [0.1, 0.15) is 0 Å². The molecule has 1 aliphatic rings. The van der Waals surface area contributed by atoms with Gasteiger partial charge in [-0.2, -0.15) is 0 Å². The monoisotopic (exact) mass is 205 g/mol. The molecule has 0 unspecified atom stereocenters. The lowest BCUT2D eigenvalue weighted by Gasteiger charge is -2.20. The Bertz CT molecular complexity index is 339. The Hall–Kier alpha value is -1.22. The molecule has 1 aliphatic heterocycles. The van der Waals surface area contributed by atoms with E-state index in [2.05, 4.69) is 4.98 Å². The summed E-state index contributed by atoms with van der Waals surface area (Å²) in [6.07, 6.45) is 3.35. The Labute approximate surface area is 89.5 Å². The summed E-state index contributed by atoms with van der Waals surface area (Å²) >= 11 is 0. The van der Waals surface area contributed by atoms with Gasteiger partial charge in [0.15, 0.2) is 5.78 Å². The van der Waals surface area contributed by atoms with Crippen molar-refractivity contribution in [3.05, 3.63) is 29.6 Å². The molecule has 0 aromatic carbocycles. The van der Waals surface area contributed by atoms with Crippen LogP contribution < -0.4 is 0 Å². The molecule has 0 aliphatic carbocycles. The molecule has 80 valence electrons. The molecule has 3 nitrogen and oxygen atoms in total. The summed E-state index contributed by atoms with van der Waals surface area (Å²) in [5.74, 6) is 0.342. The van der Waals surface area contributed by atoms with E-state index >= 15 is 0 Å². The Morgan fingerprint density at radius 1 is 1.40 bits per heavy atom. The van der Waals surface area contributed by atoms with Crippen LogP contribution in [0.4, 0.5) is 0 Å². The molecule has 0 amide bonds. The minimum absolute atomic E-state index is 0.128. The van der Waals surface area contributed by atoms with Gasteiger partial charge in [0.05, 0.1) is 0 Å². The maximum absolute atomic E-state index is 12.0. The first-order chi connectivity index (χ1) is 7.27. The van der Waals surface area contributed by atoms with E-state index in [-0.39, 0.29) is 11.7 Å². The molecule has 0 saturated carbocycles. The number of nitrogens with zero attached hydrogens (tertiary/aromatic N) is 1. The van der Waals surface area contributed by atoms with Crippen molar-refractivity contribution >= 4 is 5.78 Å². The van der Waals surface area contributed by atoms with E-state index in [0.29, 0.717) is 13.2 Å². The highest BCUT2D eigenvalue weighted by atomic mass is 16.5. The van der Waals surface area contributed by atoms with Crippen LogP contribution in [0, 0.1) is 12.8 Å². The number of Topliss-reactive ketones (excluding diaryl/α,β-unsaturated/α-hetero) is 1. The van der Waals surface area contributed by atoms with Crippen LogP contribution in [0.3, 0.4) is 0 Å². The molecular formula is C12H15NO2. The van der Waals surface area contributed by atoms with E-state index in [9.17, 15) is 4.79 Å². The van der Waals surface area contributed by atoms with Gasteiger partial charge in [0, 0.05) is 36.6 Å². The molecule has 1 aromatic heterocycles. The van der Waals surface area contributed by atoms with Crippen molar-refractivity contribution in [3.63, 3.8) is 0 Å². The molecule has 3 heteroatoms. The molecule has 1 aromatic rings. The average Bonchev–Trinajstić information content (AvgIpc) is 2.30. The normalized spacial score (nSPS) is 17.7. The van der Waals surface area contributed by atoms with E-state index < -0.39 is 0 Å². The third-order valence-electron chi connectivity index (χ3n) is 2.79. The van der Waals surface area contributed by atoms with Crippen molar-refractivity contribution in [3.8, 4) is 0 Å². The maximum Gasteiger partial charge on any atom is 0.167 e. The van der Waals surface area contributed by atoms with Gasteiger partial charge in [-0.15, -0.1) is 0 Å². The van der Waals surface area contributed by atoms with Gasteiger partial charge in [0.25, 0.3) is 0 Å². The summed E-state index contributed by atoms with van der Waals surface area (Å²) in [5.41, 5.74) is 1.67. The SMILES string of the molecule is Cc1ccc(C(=O)C2CCOCC2)cn1. The smallest absolute Gasteiger partial charge is 0.167 e. The van der Waals surface area contributed by atoms with Gasteiger partial charge in [-0.1, -0.05) is 0 Å². The van der Waals surface area contributed by atoms with Crippen molar-refractivity contribution < 1.29 is 9.53 Å². The summed E-state index contributed by atoms with van der Waals surface area (Å²) in [6, 6.07) is 3.74. The molecule has 1 saturated heterocycles. The standard InChI is InChI=1S/C12H15NO2/c1-9-2-3-11(8-13-9)12(14)10-4-6-15-7-5-10/h2-3,8,10H,4-7H2,1H3. The molecule has 0 bridgehead atoms. The summed E-state index contributed by atoms with van der Waals surface area (Å²) < 4.78 is 5.24. The van der Waals surface area contributed by atoms with Crippen LogP contribution in [0.5, 0.6) is 0 Å². The molecule has 1 fully saturated rings. The second kappa shape index (κ2) is 4.53. The maximum atomic E-state index is 12.0. The zero-order valence-electron chi connectivity index (χ0n) is 8.90. The van der Waals surface area contributed by atoms with Crippen LogP contribution in [0.1, 0.15) is 28.9 Å². The predicted molar refractivity (Wildman–Crippen MR) is 56.8 cm³/mol. The third kappa shape index (κ3) is 2.42. The lowest BCUT2D eigenvalue weighted by atomic mass is 9.92. The van der Waals surface area contributed by atoms with Crippen LogP contribution in [0.25, 0.3) is 0 Å². The van der Waals surface area contributed by atoms with E-state index in [1.807, 2.05) is 19.1 Å². The molecule has 2 heterocycles. The summed E-state index contributed by atoms with van der Waals surface area (Å²) in [5, 5.41) is 0. The van der Waals surface area contributed by atoms with Crippen molar-refractivity contribution in [2.24, 2.45) is 5.92 Å². The topological polar surface area (TPSA) is 39.2 Å². The second-order valence-corrected chi connectivity index (χ2v) is 3.94. The Kier molecular flexibility index (Phi) is 3.11. The minimum atomic E-state index is 0.128. The van der Waals surface area contributed by atoms with Crippen LogP contribution in [0.15, 0.2) is 18.3 Å². The predicted octanol–water partition coefficient (Wildman–Crippen LogP) is 2.00. The fourth-order valence-electron chi connectivity index (χ4n) is 1.81. The van der Waals surface area contributed by atoms with Crippen LogP contribution in [0.2, 0.25) is 0 Å². The van der Waals surface area contributed by atoms with Crippen molar-refractivity contribution in [2.75, 3.05) is 13.2 Å². The Morgan fingerprint density at radius 3 is 2.73 bits per heavy atom. The molecule has 0 N–H and O–H groups in total. The molecule has 0 spiro atoms. The average molecular weight is 205 g/mol. The van der Waals surface area contributed by atoms with Gasteiger partial charge in [-0.25, -0.2) is 0 Å². The first-order valence-electron chi connectivity index (χ1n) is 5.32. The number of carbonyl (C=O) groups is 1. The summed E-state index contributed by atoms with van der Waals surface area (Å²) in [6.45, 7) is 3.33. The van der Waals surface area contributed by atoms with Crippen molar-refractivity contribution in [1.29, 1.82) is 0 Å². The fraction of sp³-hybridized carbons (Fsp3) is 0.500. The van der Waals surface area contributed by atoms with Gasteiger partial charge in [0.2, 0.25) is 0 Å². The van der Waals surface area contributed by atoms with Crippen LogP contribution >= 0.6 is 0 Å². The molecular weight excluding hydrogens is 190 g/mol. The van der Waals surface area contributed by atoms with Crippen LogP contribution in [-0.2, 0) is 4.74 Å². The highest BCUT2D eigenvalue weighted by Crippen LogP contribution is 2.19. The van der Waals surface area contributed by atoms with E-state index in [4.69, 9.17) is 4.74 Å². The van der Waals surface area contributed by atoms with Gasteiger partial charge >= 0.3 is 0 Å². The number of ether oxygens (including phenoxy) is 1. The van der Waals surface area contributed by atoms with E-state index in [0.717, 1.165) is 24.1 Å². The highest BCUT2D eigenvalue weighted by molar-refractivity contribution is 5.97. The fourth-order valence-corrected chi connectivity index (χ4v) is 1.81. The lowest BCUT2D eigenvalue weighted by molar-refractivity contribution is 0.0544. The van der Waals surface area contributed by atoms with Crippen molar-refractivity contribution in [1.82, 2.24) is 4.98 Å². The minimum Gasteiger partial charge on any atom is -0.381 e. The molecule has 0 radical (unpaired) electrons. The first kappa shape index (κ1) is 10.3.